The molecule has 0 heterocycles. The third kappa shape index (κ3) is 16.6. The molecule has 1 unspecified atom stereocenters. The molecule has 10 heteroatoms. The van der Waals surface area contributed by atoms with Crippen LogP contribution < -0.4 is 0 Å². The first-order chi connectivity index (χ1) is 9.82. The Morgan fingerprint density at radius 3 is 1.77 bits per heavy atom. The molecule has 0 saturated heterocycles. The number of rotatable bonds is 6. The number of ether oxygens (including phenoxy) is 1. The zero-order chi connectivity index (χ0) is 18.0. The maximum Gasteiger partial charge on any atom is 0.422 e. The van der Waals surface area contributed by atoms with Gasteiger partial charge < -0.3 is 9.84 Å². The van der Waals surface area contributed by atoms with Gasteiger partial charge in [-0.2, -0.15) is 26.3 Å². The Balaban J connectivity index is 0. The van der Waals surface area contributed by atoms with Crippen LogP contribution in [0.25, 0.3) is 0 Å². The number of esters is 1. The molecule has 132 valence electrons. The third-order valence-electron chi connectivity index (χ3n) is 2.17. The van der Waals surface area contributed by atoms with Gasteiger partial charge in [-0.15, -0.1) is 0 Å². The number of carbonyl (C=O) groups excluding carboxylic acids is 1. The van der Waals surface area contributed by atoms with E-state index in [2.05, 4.69) is 4.74 Å². The average molecular weight is 340 g/mol. The predicted octanol–water partition coefficient (Wildman–Crippen LogP) is 3.94. The van der Waals surface area contributed by atoms with Crippen molar-refractivity contribution in [2.45, 2.75) is 51.9 Å². The minimum Gasteiger partial charge on any atom is -0.481 e. The van der Waals surface area contributed by atoms with E-state index < -0.39 is 43.2 Å². The van der Waals surface area contributed by atoms with Crippen molar-refractivity contribution in [3.05, 3.63) is 0 Å². The van der Waals surface area contributed by atoms with Crippen molar-refractivity contribution < 1.29 is 45.8 Å². The average Bonchev–Trinajstić information content (AvgIpc) is 2.32. The lowest BCUT2D eigenvalue weighted by atomic mass is 10.0. The van der Waals surface area contributed by atoms with Crippen LogP contribution >= 0.6 is 0 Å². The third-order valence-corrected chi connectivity index (χ3v) is 2.17. The van der Waals surface area contributed by atoms with Crippen molar-refractivity contribution in [2.75, 3.05) is 6.61 Å². The number of halogens is 6. The number of carbonyl (C=O) groups is 2. The molecule has 0 aromatic rings. The summed E-state index contributed by atoms with van der Waals surface area (Å²) < 4.78 is 72.8. The van der Waals surface area contributed by atoms with Gasteiger partial charge in [0, 0.05) is 6.42 Å². The van der Waals surface area contributed by atoms with Gasteiger partial charge in [-0.3, -0.25) is 9.59 Å². The summed E-state index contributed by atoms with van der Waals surface area (Å²) in [5, 5.41) is 8.24. The zero-order valence-corrected chi connectivity index (χ0v) is 12.1. The van der Waals surface area contributed by atoms with E-state index >= 15 is 0 Å². The lowest BCUT2D eigenvalue weighted by Gasteiger charge is -2.11. The van der Waals surface area contributed by atoms with Crippen LogP contribution in [0, 0.1) is 5.92 Å². The Morgan fingerprint density at radius 1 is 1.05 bits per heavy atom. The van der Waals surface area contributed by atoms with Crippen LogP contribution in [0.5, 0.6) is 0 Å². The highest BCUT2D eigenvalue weighted by Gasteiger charge is 2.34. The maximum atomic E-state index is 11.6. The van der Waals surface area contributed by atoms with Gasteiger partial charge in [0.15, 0.2) is 6.61 Å². The molecule has 0 aliphatic heterocycles. The monoisotopic (exact) mass is 340 g/mol. The second-order valence-electron chi connectivity index (χ2n) is 4.29. The van der Waals surface area contributed by atoms with Crippen LogP contribution in [0.3, 0.4) is 0 Å². The largest absolute Gasteiger partial charge is 0.481 e. The van der Waals surface area contributed by atoms with Crippen LogP contribution in [0.1, 0.15) is 39.5 Å². The van der Waals surface area contributed by atoms with Crippen LogP contribution in [0.4, 0.5) is 26.3 Å². The van der Waals surface area contributed by atoms with Gasteiger partial charge in [0.25, 0.3) is 0 Å². The highest BCUT2D eigenvalue weighted by Crippen LogP contribution is 2.26. The second kappa shape index (κ2) is 10.3. The smallest absolute Gasteiger partial charge is 0.422 e. The zero-order valence-electron chi connectivity index (χ0n) is 12.1. The Bertz CT molecular complexity index is 335. The first-order valence-electron chi connectivity index (χ1n) is 6.34. The van der Waals surface area contributed by atoms with Crippen molar-refractivity contribution in [2.24, 2.45) is 5.92 Å². The Hall–Kier alpha value is -1.48. The number of carboxylic acids is 1. The molecule has 0 bridgehead atoms. The van der Waals surface area contributed by atoms with Crippen LogP contribution in [-0.2, 0) is 14.3 Å². The molecular weight excluding hydrogens is 322 g/mol. The van der Waals surface area contributed by atoms with Crippen molar-refractivity contribution >= 4 is 11.9 Å². The van der Waals surface area contributed by atoms with E-state index in [0.717, 1.165) is 0 Å². The maximum absolute atomic E-state index is 11.6. The van der Waals surface area contributed by atoms with E-state index in [0.29, 0.717) is 6.42 Å². The van der Waals surface area contributed by atoms with Crippen LogP contribution in [-0.4, -0.2) is 36.0 Å². The Morgan fingerprint density at radius 2 is 1.55 bits per heavy atom. The van der Waals surface area contributed by atoms with E-state index in [1.54, 1.807) is 6.92 Å². The fraction of sp³-hybridized carbons (Fsp3) is 0.833. The number of aliphatic carboxylic acids is 1. The summed E-state index contributed by atoms with van der Waals surface area (Å²) in [6.45, 7) is 1.63. The summed E-state index contributed by atoms with van der Waals surface area (Å²) >= 11 is 0. The highest BCUT2D eigenvalue weighted by atomic mass is 19.4. The van der Waals surface area contributed by atoms with E-state index in [1.165, 1.54) is 6.92 Å². The minimum atomic E-state index is -4.41. The molecular formula is C12H18F6O4. The number of alkyl halides is 6. The van der Waals surface area contributed by atoms with E-state index in [9.17, 15) is 35.9 Å². The predicted molar refractivity (Wildman–Crippen MR) is 64.0 cm³/mol. The van der Waals surface area contributed by atoms with Crippen molar-refractivity contribution in [3.63, 3.8) is 0 Å². The molecule has 0 rings (SSSR count). The Kier molecular flexibility index (Phi) is 10.7. The van der Waals surface area contributed by atoms with Gasteiger partial charge in [0.05, 0.1) is 12.3 Å². The first kappa shape index (κ1) is 22.8. The molecule has 1 atom stereocenters. The van der Waals surface area contributed by atoms with E-state index in [4.69, 9.17) is 5.11 Å². The molecule has 0 amide bonds. The van der Waals surface area contributed by atoms with Gasteiger partial charge in [-0.05, 0) is 12.8 Å². The highest BCUT2D eigenvalue weighted by molar-refractivity contribution is 5.70. The molecule has 0 fully saturated rings. The van der Waals surface area contributed by atoms with Gasteiger partial charge in [-0.1, -0.05) is 13.8 Å². The lowest BCUT2D eigenvalue weighted by Crippen LogP contribution is -2.21. The summed E-state index contributed by atoms with van der Waals surface area (Å²) in [6, 6.07) is 0. The minimum absolute atomic E-state index is 0.00877. The van der Waals surface area contributed by atoms with Crippen molar-refractivity contribution in [1.82, 2.24) is 0 Å². The van der Waals surface area contributed by atoms with Gasteiger partial charge >= 0.3 is 24.3 Å². The molecule has 0 radical (unpaired) electrons. The standard InChI is InChI=1S/2C6H9F3O2/c1-2-4(5(10)11)3-6(7,8)9;1-2-3-5(10)11-4-6(7,8)9/h4H,2-3H2,1H3,(H,10,11);2-4H2,1H3. The van der Waals surface area contributed by atoms with E-state index in [1.807, 2.05) is 0 Å². The number of hydrogen-bond donors (Lipinski definition) is 1. The fourth-order valence-electron chi connectivity index (χ4n) is 1.12. The molecule has 0 aromatic heterocycles. The molecule has 0 aliphatic carbocycles. The van der Waals surface area contributed by atoms with Crippen LogP contribution in [0.15, 0.2) is 0 Å². The first-order valence-corrected chi connectivity index (χ1v) is 6.34. The summed E-state index contributed by atoms with van der Waals surface area (Å²) in [6.07, 6.45) is -9.48. The van der Waals surface area contributed by atoms with Gasteiger partial charge in [0.1, 0.15) is 0 Å². The topological polar surface area (TPSA) is 63.6 Å². The van der Waals surface area contributed by atoms with Crippen LogP contribution in [0.2, 0.25) is 0 Å². The Labute approximate surface area is 123 Å². The molecule has 22 heavy (non-hydrogen) atoms. The van der Waals surface area contributed by atoms with Gasteiger partial charge in [-0.25, -0.2) is 0 Å². The lowest BCUT2D eigenvalue weighted by molar-refractivity contribution is -0.186. The molecule has 4 nitrogen and oxygen atoms in total. The number of hydrogen-bond acceptors (Lipinski definition) is 3. The fourth-order valence-corrected chi connectivity index (χ4v) is 1.12. The number of carboxylic acid groups (broad SMARTS) is 1. The second-order valence-corrected chi connectivity index (χ2v) is 4.29. The molecule has 0 saturated carbocycles. The van der Waals surface area contributed by atoms with Crippen molar-refractivity contribution in [3.8, 4) is 0 Å². The SMILES string of the molecule is CCC(CC(F)(F)F)C(=O)O.CCCC(=O)OCC(F)(F)F. The molecule has 0 aromatic carbocycles. The normalized spacial score (nSPS) is 12.9. The summed E-state index contributed by atoms with van der Waals surface area (Å²) in [7, 11) is 0. The summed E-state index contributed by atoms with van der Waals surface area (Å²) in [5.41, 5.74) is 0. The van der Waals surface area contributed by atoms with Crippen molar-refractivity contribution in [1.29, 1.82) is 0 Å². The summed E-state index contributed by atoms with van der Waals surface area (Å²) in [4.78, 5) is 20.5. The summed E-state index contributed by atoms with van der Waals surface area (Å²) in [5.74, 6) is -3.48. The van der Waals surface area contributed by atoms with Gasteiger partial charge in [0.2, 0.25) is 0 Å². The molecule has 0 aliphatic rings. The molecule has 1 N–H and O–H groups in total. The molecule has 0 spiro atoms. The quantitative estimate of drug-likeness (QED) is 0.588. The van der Waals surface area contributed by atoms with E-state index in [-0.39, 0.29) is 12.8 Å².